The second-order valence-corrected chi connectivity index (χ2v) is 8.91. The molecule has 0 saturated carbocycles. The second kappa shape index (κ2) is 9.09. The van der Waals surface area contributed by atoms with E-state index in [1.165, 1.54) is 23.6 Å². The molecule has 168 valence electrons. The van der Waals surface area contributed by atoms with Gasteiger partial charge in [-0.05, 0) is 6.92 Å². The van der Waals surface area contributed by atoms with Crippen molar-refractivity contribution in [2.75, 3.05) is 31.2 Å². The number of anilines is 1. The van der Waals surface area contributed by atoms with E-state index in [4.69, 9.17) is 15.3 Å². The number of ether oxygens (including phenoxy) is 1. The summed E-state index contributed by atoms with van der Waals surface area (Å²) in [5, 5.41) is 17.4. The topological polar surface area (TPSA) is 174 Å². The number of hydrogen-bond donors (Lipinski definition) is 3. The van der Waals surface area contributed by atoms with E-state index in [1.807, 2.05) is 0 Å². The lowest BCUT2D eigenvalue weighted by molar-refractivity contribution is -0.164. The van der Waals surface area contributed by atoms with Gasteiger partial charge in [-0.1, -0.05) is 5.16 Å². The van der Waals surface area contributed by atoms with Crippen molar-refractivity contribution in [2.24, 2.45) is 10.6 Å². The van der Waals surface area contributed by atoms with Crippen molar-refractivity contribution in [1.29, 1.82) is 0 Å². The van der Waals surface area contributed by atoms with Crippen LogP contribution in [0.25, 0.3) is 0 Å². The van der Waals surface area contributed by atoms with Gasteiger partial charge >= 0.3 is 11.9 Å². The van der Waals surface area contributed by atoms with Crippen molar-refractivity contribution in [3.05, 3.63) is 11.1 Å². The van der Waals surface area contributed by atoms with E-state index in [1.54, 1.807) is 12.3 Å². The molecule has 4 N–H and O–H groups in total. The Bertz CT molecular complexity index is 936. The average molecular weight is 472 g/mol. The lowest BCUT2D eigenvalue weighted by Crippen LogP contribution is -2.74. The summed E-state index contributed by atoms with van der Waals surface area (Å²) in [6, 6.07) is -0.860. The summed E-state index contributed by atoms with van der Waals surface area (Å²) in [6.07, 6.45) is 0. The summed E-state index contributed by atoms with van der Waals surface area (Å²) in [6.45, 7) is 2.65. The van der Waals surface area contributed by atoms with Gasteiger partial charge in [0.1, 0.15) is 35.7 Å². The van der Waals surface area contributed by atoms with E-state index in [0.717, 1.165) is 11.3 Å². The lowest BCUT2D eigenvalue weighted by Gasteiger charge is -2.53. The summed E-state index contributed by atoms with van der Waals surface area (Å²) in [5.41, 5.74) is 4.32. The minimum absolute atomic E-state index is 0.110. The molecule has 2 fully saturated rings. The van der Waals surface area contributed by atoms with E-state index in [9.17, 15) is 24.3 Å². The number of nitrogens with zero attached hydrogens (tertiary/aromatic N) is 3. The van der Waals surface area contributed by atoms with Crippen LogP contribution in [-0.2, 0) is 28.8 Å². The Morgan fingerprint density at radius 1 is 1.48 bits per heavy atom. The highest BCUT2D eigenvalue weighted by Crippen LogP contribution is 2.42. The van der Waals surface area contributed by atoms with Crippen LogP contribution in [0.5, 0.6) is 0 Å². The molecule has 1 aromatic rings. The third-order valence-corrected chi connectivity index (χ3v) is 6.96. The minimum atomic E-state index is -1.41. The van der Waals surface area contributed by atoms with Crippen LogP contribution in [0.1, 0.15) is 19.5 Å². The Morgan fingerprint density at radius 2 is 2.23 bits per heavy atom. The number of aromatic nitrogens is 1. The number of aliphatic carboxylic acids is 1. The van der Waals surface area contributed by atoms with E-state index in [2.05, 4.69) is 15.5 Å². The Morgan fingerprint density at radius 3 is 2.81 bits per heavy atom. The zero-order valence-corrected chi connectivity index (χ0v) is 18.3. The molecule has 3 atom stereocenters. The molecule has 0 aliphatic carbocycles. The predicted octanol–water partition coefficient (Wildman–Crippen LogP) is -0.500. The number of nitrogens with one attached hydrogen (secondary N) is 1. The zero-order valence-electron chi connectivity index (χ0n) is 16.7. The number of carbonyl (C=O) groups is 4. The number of hydrogen-bond acceptors (Lipinski definition) is 11. The third-order valence-electron chi connectivity index (χ3n) is 4.70. The molecule has 0 radical (unpaired) electrons. The highest BCUT2D eigenvalue weighted by Gasteiger charge is 2.58. The van der Waals surface area contributed by atoms with Gasteiger partial charge in [-0.25, -0.2) is 4.98 Å². The number of carbonyl (C=O) groups excluding carboxylic acids is 3. The molecule has 14 heteroatoms. The number of thioether (sulfide) groups is 1. The lowest BCUT2D eigenvalue weighted by atomic mass is 9.88. The Labute approximate surface area is 185 Å². The van der Waals surface area contributed by atoms with Crippen molar-refractivity contribution in [3.63, 3.8) is 0 Å². The van der Waals surface area contributed by atoms with Crippen molar-refractivity contribution in [2.45, 2.75) is 25.3 Å². The molecule has 2 amide bonds. The van der Waals surface area contributed by atoms with Gasteiger partial charge in [0.2, 0.25) is 5.91 Å². The van der Waals surface area contributed by atoms with Gasteiger partial charge in [0.25, 0.3) is 5.91 Å². The summed E-state index contributed by atoms with van der Waals surface area (Å²) in [4.78, 5) is 58.7. The van der Waals surface area contributed by atoms with Crippen LogP contribution in [-0.4, -0.2) is 81.4 Å². The first kappa shape index (κ1) is 22.8. The first-order valence-corrected chi connectivity index (χ1v) is 11.1. The number of nitrogens with two attached hydrogens (primary N) is 1. The highest BCUT2D eigenvalue weighted by atomic mass is 32.2. The molecule has 0 bridgehead atoms. The van der Waals surface area contributed by atoms with Crippen LogP contribution in [0.2, 0.25) is 0 Å². The van der Waals surface area contributed by atoms with E-state index >= 15 is 0 Å². The molecule has 2 saturated heterocycles. The van der Waals surface area contributed by atoms with Crippen LogP contribution < -0.4 is 11.1 Å². The monoisotopic (exact) mass is 471 g/mol. The third kappa shape index (κ3) is 4.58. The zero-order chi connectivity index (χ0) is 22.8. The maximum absolute atomic E-state index is 12.8. The van der Waals surface area contributed by atoms with Gasteiger partial charge in [0.15, 0.2) is 10.8 Å². The standard InChI is InChI=1S/C17H21N5O7S2/c1-3-29-21-10(9-4-30-16(18)19-9)12(24)20-11-13(25)22-5-17(15(26)27,6-28-8(2)23)7-31-14(11)22/h4,11,14H,3,5-7H2,1-2H3,(H2,18,19)(H,20,24)(H,26,27)/t11?,14-,17?/m1/s1. The SMILES string of the molecule is CCON=C(C(=O)NC1C(=O)N2CC(COC(C)=O)(C(=O)O)CS[C@H]12)c1csc(N)n1. The molecule has 31 heavy (non-hydrogen) atoms. The molecular weight excluding hydrogens is 450 g/mol. The first-order chi connectivity index (χ1) is 14.7. The average Bonchev–Trinajstić information content (AvgIpc) is 3.16. The largest absolute Gasteiger partial charge is 0.481 e. The predicted molar refractivity (Wildman–Crippen MR) is 111 cm³/mol. The number of esters is 1. The maximum atomic E-state index is 12.8. The van der Waals surface area contributed by atoms with Crippen LogP contribution in [0, 0.1) is 5.41 Å². The molecule has 0 spiro atoms. The van der Waals surface area contributed by atoms with Crippen molar-refractivity contribution < 1.29 is 33.9 Å². The van der Waals surface area contributed by atoms with E-state index in [0.29, 0.717) is 0 Å². The van der Waals surface area contributed by atoms with E-state index < -0.39 is 40.6 Å². The smallest absolute Gasteiger partial charge is 0.315 e. The van der Waals surface area contributed by atoms with Gasteiger partial charge in [-0.3, -0.25) is 19.2 Å². The second-order valence-electron chi connectivity index (χ2n) is 6.91. The molecule has 2 unspecified atom stereocenters. The van der Waals surface area contributed by atoms with E-state index in [-0.39, 0.29) is 42.0 Å². The van der Waals surface area contributed by atoms with Gasteiger partial charge in [-0.15, -0.1) is 23.1 Å². The number of oxime groups is 1. The summed E-state index contributed by atoms with van der Waals surface area (Å²) in [7, 11) is 0. The van der Waals surface area contributed by atoms with Gasteiger partial charge < -0.3 is 30.6 Å². The number of rotatable bonds is 8. The molecule has 0 aromatic carbocycles. The van der Waals surface area contributed by atoms with Gasteiger partial charge in [0.05, 0.1) is 0 Å². The molecule has 2 aliphatic rings. The number of nitrogen functional groups attached to an aromatic ring is 1. The molecule has 1 aromatic heterocycles. The van der Waals surface area contributed by atoms with Crippen LogP contribution in [0.15, 0.2) is 10.5 Å². The fraction of sp³-hybridized carbons (Fsp3) is 0.529. The van der Waals surface area contributed by atoms with Gasteiger partial charge in [-0.2, -0.15) is 0 Å². The highest BCUT2D eigenvalue weighted by molar-refractivity contribution is 8.00. The van der Waals surface area contributed by atoms with Crippen molar-refractivity contribution >= 4 is 57.7 Å². The molecular formula is C17H21N5O7S2. The fourth-order valence-corrected chi connectivity index (χ4v) is 5.16. The number of thiazole rings is 1. The Hall–Kier alpha value is -2.87. The number of fused-ring (bicyclic) bond motifs is 1. The Kier molecular flexibility index (Phi) is 6.69. The quantitative estimate of drug-likeness (QED) is 0.194. The molecule has 3 rings (SSSR count). The van der Waals surface area contributed by atoms with Crippen LogP contribution in [0.4, 0.5) is 5.13 Å². The number of carboxylic acids is 1. The Balaban J connectivity index is 1.70. The maximum Gasteiger partial charge on any atom is 0.315 e. The van der Waals surface area contributed by atoms with Gasteiger partial charge in [0, 0.05) is 24.6 Å². The number of β-lactam (4-membered cyclic amide) rings is 1. The molecule has 3 heterocycles. The summed E-state index contributed by atoms with van der Waals surface area (Å²) in [5.74, 6) is -2.75. The van der Waals surface area contributed by atoms with Crippen molar-refractivity contribution in [3.8, 4) is 0 Å². The number of amides is 2. The van der Waals surface area contributed by atoms with Crippen molar-refractivity contribution in [1.82, 2.24) is 15.2 Å². The molecule has 2 aliphatic heterocycles. The van der Waals surface area contributed by atoms with Crippen LogP contribution in [0.3, 0.4) is 0 Å². The summed E-state index contributed by atoms with van der Waals surface area (Å²) < 4.78 is 4.91. The molecule has 12 nitrogen and oxygen atoms in total. The summed E-state index contributed by atoms with van der Waals surface area (Å²) >= 11 is 2.33. The van der Waals surface area contributed by atoms with Crippen LogP contribution >= 0.6 is 23.1 Å². The fourth-order valence-electron chi connectivity index (χ4n) is 3.09. The first-order valence-electron chi connectivity index (χ1n) is 9.19. The normalized spacial score (nSPS) is 25.3. The minimum Gasteiger partial charge on any atom is -0.481 e. The number of carboxylic acid groups (broad SMARTS) is 1.